The summed E-state index contributed by atoms with van der Waals surface area (Å²) < 4.78 is 0. The van der Waals surface area contributed by atoms with Gasteiger partial charge in [-0.05, 0) is 38.0 Å². The number of anilines is 1. The van der Waals surface area contributed by atoms with Crippen molar-refractivity contribution < 1.29 is 4.79 Å². The van der Waals surface area contributed by atoms with Gasteiger partial charge in [0.2, 0.25) is 0 Å². The van der Waals surface area contributed by atoms with Gasteiger partial charge in [0.05, 0.1) is 0 Å². The van der Waals surface area contributed by atoms with Crippen LogP contribution >= 0.6 is 0 Å². The highest BCUT2D eigenvalue weighted by atomic mass is 16.1. The van der Waals surface area contributed by atoms with Gasteiger partial charge in [0.15, 0.2) is 0 Å². The summed E-state index contributed by atoms with van der Waals surface area (Å²) in [5.74, 6) is 5.60. The topological polar surface area (TPSA) is 55.1 Å². The molecule has 0 aliphatic carbocycles. The Balaban J connectivity index is 2.74. The number of aryl methyl sites for hydroxylation is 2. The van der Waals surface area contributed by atoms with E-state index in [-0.39, 0.29) is 5.91 Å². The number of hydrogen-bond acceptors (Lipinski definition) is 2. The maximum absolute atomic E-state index is 11.9. The molecule has 3 nitrogen and oxygen atoms in total. The van der Waals surface area contributed by atoms with E-state index in [0.717, 1.165) is 11.1 Å². The average molecular weight is 230 g/mol. The van der Waals surface area contributed by atoms with Gasteiger partial charge in [-0.1, -0.05) is 6.07 Å². The summed E-state index contributed by atoms with van der Waals surface area (Å²) in [6.07, 6.45) is 0.669. The number of nitrogens with two attached hydrogens (primary N) is 1. The average Bonchev–Trinajstić information content (AvgIpc) is 2.29. The molecule has 3 N–H and O–H groups in total. The Kier molecular flexibility index (Phi) is 4.59. The normalized spacial score (nSPS) is 9.35. The molecular formula is C14H18N2O. The maximum Gasteiger partial charge on any atom is 0.251 e. The molecule has 1 aromatic rings. The molecule has 17 heavy (non-hydrogen) atoms. The van der Waals surface area contributed by atoms with Gasteiger partial charge in [-0.2, -0.15) is 0 Å². The van der Waals surface area contributed by atoms with Crippen molar-refractivity contribution in [2.75, 3.05) is 12.3 Å². The first kappa shape index (κ1) is 13.1. The Labute approximate surface area is 102 Å². The smallest absolute Gasteiger partial charge is 0.251 e. The van der Waals surface area contributed by atoms with E-state index in [2.05, 4.69) is 17.2 Å². The summed E-state index contributed by atoms with van der Waals surface area (Å²) in [7, 11) is 0. The van der Waals surface area contributed by atoms with Crippen molar-refractivity contribution in [2.45, 2.75) is 27.2 Å². The Morgan fingerprint density at radius 1 is 1.35 bits per heavy atom. The number of amides is 1. The Bertz CT molecular complexity index is 481. The van der Waals surface area contributed by atoms with Crippen molar-refractivity contribution in [1.29, 1.82) is 0 Å². The van der Waals surface area contributed by atoms with E-state index < -0.39 is 0 Å². The minimum Gasteiger partial charge on any atom is -0.398 e. The van der Waals surface area contributed by atoms with Crippen LogP contribution in [0.3, 0.4) is 0 Å². The first-order valence-electron chi connectivity index (χ1n) is 5.60. The Hall–Kier alpha value is -1.95. The highest BCUT2D eigenvalue weighted by molar-refractivity contribution is 5.96. The van der Waals surface area contributed by atoms with E-state index in [1.54, 1.807) is 13.0 Å². The fourth-order valence-corrected chi connectivity index (χ4v) is 1.57. The number of nitrogen functional groups attached to an aromatic ring is 1. The fraction of sp³-hybridized carbons (Fsp3) is 0.357. The van der Waals surface area contributed by atoms with Crippen LogP contribution in [-0.4, -0.2) is 12.5 Å². The molecule has 1 rings (SSSR count). The van der Waals surface area contributed by atoms with Crippen molar-refractivity contribution in [3.05, 3.63) is 28.8 Å². The van der Waals surface area contributed by atoms with Gasteiger partial charge in [0, 0.05) is 24.2 Å². The summed E-state index contributed by atoms with van der Waals surface area (Å²) in [6.45, 7) is 6.19. The molecule has 0 spiro atoms. The van der Waals surface area contributed by atoms with E-state index in [1.165, 1.54) is 0 Å². The molecule has 1 amide bonds. The SMILES string of the molecule is CC#CCCNC(=O)c1cc(N)c(C)cc1C. The number of benzene rings is 1. The van der Waals surface area contributed by atoms with Crippen molar-refractivity contribution in [1.82, 2.24) is 5.32 Å². The second-order valence-corrected chi connectivity index (χ2v) is 3.96. The lowest BCUT2D eigenvalue weighted by Gasteiger charge is -2.09. The molecule has 0 fully saturated rings. The van der Waals surface area contributed by atoms with Crippen LogP contribution in [0.1, 0.15) is 34.8 Å². The zero-order chi connectivity index (χ0) is 12.8. The number of carbonyl (C=O) groups is 1. The molecule has 0 saturated carbocycles. The third-order valence-corrected chi connectivity index (χ3v) is 2.57. The van der Waals surface area contributed by atoms with Crippen LogP contribution in [0.25, 0.3) is 0 Å². The summed E-state index contributed by atoms with van der Waals surface area (Å²) in [5, 5.41) is 2.82. The zero-order valence-corrected chi connectivity index (χ0v) is 10.6. The van der Waals surface area contributed by atoms with Crippen LogP contribution in [0.15, 0.2) is 12.1 Å². The van der Waals surface area contributed by atoms with Crippen LogP contribution in [0.4, 0.5) is 5.69 Å². The van der Waals surface area contributed by atoms with E-state index in [1.807, 2.05) is 19.9 Å². The molecule has 0 aromatic heterocycles. The molecule has 0 aliphatic rings. The molecule has 0 atom stereocenters. The predicted molar refractivity (Wildman–Crippen MR) is 70.7 cm³/mol. The predicted octanol–water partition coefficient (Wildman–Crippen LogP) is 2.03. The van der Waals surface area contributed by atoms with Gasteiger partial charge in [0.25, 0.3) is 5.91 Å². The molecule has 1 aromatic carbocycles. The third-order valence-electron chi connectivity index (χ3n) is 2.57. The lowest BCUT2D eigenvalue weighted by molar-refractivity contribution is 0.0954. The van der Waals surface area contributed by atoms with Crippen molar-refractivity contribution >= 4 is 11.6 Å². The second kappa shape index (κ2) is 5.95. The van der Waals surface area contributed by atoms with Gasteiger partial charge in [-0.15, -0.1) is 11.8 Å². The molecule has 0 heterocycles. The summed E-state index contributed by atoms with van der Waals surface area (Å²) in [5.41, 5.74) is 9.02. The van der Waals surface area contributed by atoms with Gasteiger partial charge in [-0.3, -0.25) is 4.79 Å². The number of rotatable bonds is 3. The Morgan fingerprint density at radius 2 is 2.06 bits per heavy atom. The highest BCUT2D eigenvalue weighted by Gasteiger charge is 2.09. The van der Waals surface area contributed by atoms with Crippen LogP contribution in [0, 0.1) is 25.7 Å². The number of hydrogen-bond donors (Lipinski definition) is 2. The third kappa shape index (κ3) is 3.53. The lowest BCUT2D eigenvalue weighted by atomic mass is 10.0. The molecule has 0 bridgehead atoms. The van der Waals surface area contributed by atoms with Crippen molar-refractivity contribution in [2.24, 2.45) is 0 Å². The van der Waals surface area contributed by atoms with Crippen LogP contribution in [0.5, 0.6) is 0 Å². The molecule has 0 unspecified atom stereocenters. The Morgan fingerprint density at radius 3 is 2.71 bits per heavy atom. The van der Waals surface area contributed by atoms with Gasteiger partial charge in [0.1, 0.15) is 0 Å². The van der Waals surface area contributed by atoms with E-state index in [4.69, 9.17) is 5.73 Å². The standard InChI is InChI=1S/C14H18N2O/c1-4-5-6-7-16-14(17)12-9-13(15)11(3)8-10(12)2/h8-9H,6-7,15H2,1-3H3,(H,16,17). The quantitative estimate of drug-likeness (QED) is 0.474. The van der Waals surface area contributed by atoms with Crippen molar-refractivity contribution in [3.63, 3.8) is 0 Å². The van der Waals surface area contributed by atoms with Crippen LogP contribution in [0.2, 0.25) is 0 Å². The lowest BCUT2D eigenvalue weighted by Crippen LogP contribution is -2.25. The van der Waals surface area contributed by atoms with E-state index in [0.29, 0.717) is 24.2 Å². The highest BCUT2D eigenvalue weighted by Crippen LogP contribution is 2.17. The minimum absolute atomic E-state index is 0.0906. The van der Waals surface area contributed by atoms with Gasteiger partial charge in [-0.25, -0.2) is 0 Å². The molecule has 0 radical (unpaired) electrons. The number of carbonyl (C=O) groups excluding carboxylic acids is 1. The second-order valence-electron chi connectivity index (χ2n) is 3.96. The zero-order valence-electron chi connectivity index (χ0n) is 10.6. The van der Waals surface area contributed by atoms with Crippen LogP contribution < -0.4 is 11.1 Å². The minimum atomic E-state index is -0.0906. The summed E-state index contributed by atoms with van der Waals surface area (Å²) in [6, 6.07) is 3.65. The maximum atomic E-state index is 11.9. The summed E-state index contributed by atoms with van der Waals surface area (Å²) >= 11 is 0. The van der Waals surface area contributed by atoms with E-state index in [9.17, 15) is 4.79 Å². The van der Waals surface area contributed by atoms with E-state index >= 15 is 0 Å². The molecule has 90 valence electrons. The van der Waals surface area contributed by atoms with Crippen LogP contribution in [-0.2, 0) is 0 Å². The molecular weight excluding hydrogens is 212 g/mol. The first-order chi connectivity index (χ1) is 8.06. The number of nitrogens with one attached hydrogen (secondary N) is 1. The van der Waals surface area contributed by atoms with Gasteiger partial charge < -0.3 is 11.1 Å². The summed E-state index contributed by atoms with van der Waals surface area (Å²) in [4.78, 5) is 11.9. The molecule has 0 saturated heterocycles. The molecule has 3 heteroatoms. The largest absolute Gasteiger partial charge is 0.398 e. The van der Waals surface area contributed by atoms with Crippen molar-refractivity contribution in [3.8, 4) is 11.8 Å². The van der Waals surface area contributed by atoms with Gasteiger partial charge >= 0.3 is 0 Å². The fourth-order valence-electron chi connectivity index (χ4n) is 1.57. The monoisotopic (exact) mass is 230 g/mol. The first-order valence-corrected chi connectivity index (χ1v) is 5.60. The molecule has 0 aliphatic heterocycles.